The van der Waals surface area contributed by atoms with Gasteiger partial charge in [-0.05, 0) is 94.1 Å². The lowest BCUT2D eigenvalue weighted by atomic mass is 9.47. The first-order valence-electron chi connectivity index (χ1n) is 15.1. The van der Waals surface area contributed by atoms with Gasteiger partial charge in [-0.15, -0.1) is 13.2 Å². The zero-order valence-corrected chi connectivity index (χ0v) is 23.9. The van der Waals surface area contributed by atoms with Crippen LogP contribution in [0.1, 0.15) is 68.9 Å². The molecule has 1 unspecified atom stereocenters. The summed E-state index contributed by atoms with van der Waals surface area (Å²) in [4.78, 5) is 11.4. The first kappa shape index (κ1) is 29.0. The topological polar surface area (TPSA) is 106 Å². The predicted molar refractivity (Wildman–Crippen MR) is 151 cm³/mol. The number of aliphatic hydroxyl groups excluding tert-OH is 1. The Bertz CT molecular complexity index is 1290. The Hall–Kier alpha value is -3.10. The van der Waals surface area contributed by atoms with Crippen molar-refractivity contribution in [2.24, 2.45) is 23.2 Å². The molecule has 7 rings (SSSR count). The van der Waals surface area contributed by atoms with Crippen molar-refractivity contribution in [2.45, 2.75) is 88.9 Å². The number of anilines is 2. The molecule has 5 fully saturated rings. The maximum atomic E-state index is 12.8. The van der Waals surface area contributed by atoms with Gasteiger partial charge in [0.25, 0.3) is 0 Å². The summed E-state index contributed by atoms with van der Waals surface area (Å²) in [6, 6.07) is 9.26. The number of halogens is 3. The molecular formula is C31H39F3N6O2. The number of ether oxygens (including phenoxy) is 1. The number of aromatic nitrogens is 2. The van der Waals surface area contributed by atoms with Gasteiger partial charge < -0.3 is 20.5 Å². The third-order valence-corrected chi connectivity index (χ3v) is 10.2. The highest BCUT2D eigenvalue weighted by Gasteiger charge is 2.56. The average Bonchev–Trinajstić information content (AvgIpc) is 2.94. The number of nitriles is 1. The summed E-state index contributed by atoms with van der Waals surface area (Å²) < 4.78 is 42.6. The van der Waals surface area contributed by atoms with E-state index < -0.39 is 6.36 Å². The first-order chi connectivity index (χ1) is 20.1. The van der Waals surface area contributed by atoms with Crippen molar-refractivity contribution < 1.29 is 23.0 Å². The van der Waals surface area contributed by atoms with Gasteiger partial charge in [0.05, 0.1) is 12.3 Å². The molecule has 0 amide bonds. The summed E-state index contributed by atoms with van der Waals surface area (Å²) in [5.41, 5.74) is 0.813. The number of rotatable bonds is 9. The number of benzene rings is 1. The Morgan fingerprint density at radius 1 is 1.10 bits per heavy atom. The van der Waals surface area contributed by atoms with Gasteiger partial charge in [-0.2, -0.15) is 10.2 Å². The zero-order chi connectivity index (χ0) is 29.5. The number of hydrogen-bond acceptors (Lipinski definition) is 8. The lowest BCUT2D eigenvalue weighted by Crippen LogP contribution is -2.61. The van der Waals surface area contributed by atoms with Gasteiger partial charge >= 0.3 is 6.36 Å². The SMILES string of the molecule is CN([C@H]1CC[C@@H](O)CC1)[C@@H]1[C@@H]2CC3C[C@H]1C[C@](CNc1nc(NCc4ccccc4OC(F)(F)F)ncc1C#N)(C3)C2. The molecule has 42 heavy (non-hydrogen) atoms. The zero-order valence-electron chi connectivity index (χ0n) is 23.9. The van der Waals surface area contributed by atoms with E-state index >= 15 is 0 Å². The molecule has 2 aromatic rings. The quantitative estimate of drug-likeness (QED) is 0.345. The third-order valence-electron chi connectivity index (χ3n) is 10.2. The van der Waals surface area contributed by atoms with Gasteiger partial charge in [0.15, 0.2) is 0 Å². The van der Waals surface area contributed by atoms with Crippen LogP contribution in [0.15, 0.2) is 30.5 Å². The lowest BCUT2D eigenvalue weighted by molar-refractivity contribution is -0.274. The molecule has 0 radical (unpaired) electrons. The third kappa shape index (κ3) is 6.16. The number of nitrogens with one attached hydrogen (secondary N) is 2. The van der Waals surface area contributed by atoms with Crippen LogP contribution in [0.5, 0.6) is 5.75 Å². The van der Waals surface area contributed by atoms with Crippen molar-refractivity contribution in [1.29, 1.82) is 5.26 Å². The highest BCUT2D eigenvalue weighted by molar-refractivity contribution is 5.53. The molecular weight excluding hydrogens is 545 g/mol. The summed E-state index contributed by atoms with van der Waals surface area (Å²) in [6.45, 7) is 0.761. The van der Waals surface area contributed by atoms with Crippen molar-refractivity contribution >= 4 is 11.8 Å². The molecule has 1 aromatic carbocycles. The second-order valence-electron chi connectivity index (χ2n) is 13.0. The molecule has 5 saturated carbocycles. The minimum atomic E-state index is -4.79. The minimum absolute atomic E-state index is 0.0292. The van der Waals surface area contributed by atoms with Crippen molar-refractivity contribution in [3.63, 3.8) is 0 Å². The van der Waals surface area contributed by atoms with E-state index in [0.29, 0.717) is 40.9 Å². The number of hydrogen-bond donors (Lipinski definition) is 3. The Kier molecular flexibility index (Phi) is 7.96. The van der Waals surface area contributed by atoms with E-state index in [1.54, 1.807) is 12.1 Å². The number of alkyl halides is 3. The number of nitrogens with zero attached hydrogens (tertiary/aromatic N) is 4. The summed E-state index contributed by atoms with van der Waals surface area (Å²) in [7, 11) is 2.31. The molecule has 226 valence electrons. The molecule has 1 aromatic heterocycles. The standard InChI is InChI=1S/C31H39F3N6O2/c1-40(24-6-8-25(41)9-7-24)27-21-10-19-11-22(27)14-30(12-19,13-21)18-38-28-23(15-35)17-37-29(39-28)36-16-20-4-2-3-5-26(20)42-31(32,33)34/h2-5,17,19,21-22,24-25,27,41H,6-14,16,18H2,1H3,(H2,36,37,38,39)/t19?,21-,22+,24-,25+,27-,30+. The predicted octanol–water partition coefficient (Wildman–Crippen LogP) is 5.70. The molecule has 5 atom stereocenters. The van der Waals surface area contributed by atoms with Crippen molar-refractivity contribution in [3.8, 4) is 11.8 Å². The number of aliphatic hydroxyl groups is 1. The second-order valence-corrected chi connectivity index (χ2v) is 13.0. The van der Waals surface area contributed by atoms with Crippen LogP contribution in [-0.4, -0.2) is 58.1 Å². The van der Waals surface area contributed by atoms with Crippen LogP contribution in [0.25, 0.3) is 0 Å². The highest BCUT2D eigenvalue weighted by Crippen LogP contribution is 2.61. The molecule has 3 N–H and O–H groups in total. The Morgan fingerprint density at radius 2 is 1.81 bits per heavy atom. The largest absolute Gasteiger partial charge is 0.573 e. The van der Waals surface area contributed by atoms with Crippen molar-refractivity contribution in [1.82, 2.24) is 14.9 Å². The van der Waals surface area contributed by atoms with Gasteiger partial charge in [-0.25, -0.2) is 4.98 Å². The van der Waals surface area contributed by atoms with Crippen LogP contribution in [0.4, 0.5) is 24.9 Å². The van der Waals surface area contributed by atoms with E-state index in [1.807, 2.05) is 0 Å². The molecule has 0 aliphatic heterocycles. The molecule has 8 nitrogen and oxygen atoms in total. The van der Waals surface area contributed by atoms with Gasteiger partial charge in [-0.3, -0.25) is 4.90 Å². The van der Waals surface area contributed by atoms with Crippen LogP contribution >= 0.6 is 0 Å². The molecule has 0 saturated heterocycles. The fraction of sp³-hybridized carbons (Fsp3) is 0.645. The van der Waals surface area contributed by atoms with Crippen LogP contribution in [0, 0.1) is 34.5 Å². The van der Waals surface area contributed by atoms with E-state index in [9.17, 15) is 23.5 Å². The molecule has 0 spiro atoms. The molecule has 1 heterocycles. The van der Waals surface area contributed by atoms with Gasteiger partial charge in [0.2, 0.25) is 5.95 Å². The number of para-hydroxylation sites is 1. The van der Waals surface area contributed by atoms with Gasteiger partial charge in [0, 0.05) is 30.7 Å². The van der Waals surface area contributed by atoms with Crippen LogP contribution < -0.4 is 15.4 Å². The van der Waals surface area contributed by atoms with Crippen molar-refractivity contribution in [2.75, 3.05) is 24.2 Å². The summed E-state index contributed by atoms with van der Waals surface area (Å²) >= 11 is 0. The Labute approximate surface area is 244 Å². The van der Waals surface area contributed by atoms with Gasteiger partial charge in [-0.1, -0.05) is 18.2 Å². The van der Waals surface area contributed by atoms with Crippen LogP contribution in [-0.2, 0) is 6.54 Å². The molecule has 4 bridgehead atoms. The molecule has 5 aliphatic carbocycles. The maximum absolute atomic E-state index is 12.8. The van der Waals surface area contributed by atoms with Crippen LogP contribution in [0.2, 0.25) is 0 Å². The van der Waals surface area contributed by atoms with Crippen molar-refractivity contribution in [3.05, 3.63) is 41.6 Å². The Morgan fingerprint density at radius 3 is 2.50 bits per heavy atom. The van der Waals surface area contributed by atoms with E-state index in [-0.39, 0.29) is 29.8 Å². The fourth-order valence-corrected chi connectivity index (χ4v) is 8.76. The highest BCUT2D eigenvalue weighted by atomic mass is 19.4. The van der Waals surface area contributed by atoms with E-state index in [0.717, 1.165) is 51.0 Å². The average molecular weight is 585 g/mol. The monoisotopic (exact) mass is 584 g/mol. The maximum Gasteiger partial charge on any atom is 0.573 e. The normalized spacial score (nSPS) is 32.0. The summed E-state index contributed by atoms with van der Waals surface area (Å²) in [5, 5.41) is 26.2. The molecule has 5 aliphatic rings. The smallest absolute Gasteiger partial charge is 0.405 e. The van der Waals surface area contributed by atoms with E-state index in [1.165, 1.54) is 37.6 Å². The van der Waals surface area contributed by atoms with E-state index in [2.05, 4.69) is 43.4 Å². The van der Waals surface area contributed by atoms with Crippen LogP contribution in [0.3, 0.4) is 0 Å². The first-order valence-corrected chi connectivity index (χ1v) is 15.1. The Balaban J connectivity index is 1.11. The fourth-order valence-electron chi connectivity index (χ4n) is 8.76. The summed E-state index contributed by atoms with van der Waals surface area (Å²) in [6.07, 6.45) is 6.54. The summed E-state index contributed by atoms with van der Waals surface area (Å²) in [5.74, 6) is 2.44. The lowest BCUT2D eigenvalue weighted by Gasteiger charge is -2.62. The molecule has 11 heteroatoms. The van der Waals surface area contributed by atoms with Gasteiger partial charge in [0.1, 0.15) is 23.2 Å². The van der Waals surface area contributed by atoms with E-state index in [4.69, 9.17) is 0 Å². The second kappa shape index (κ2) is 11.5. The minimum Gasteiger partial charge on any atom is -0.405 e.